The first-order valence-corrected chi connectivity index (χ1v) is 8.41. The second-order valence-electron chi connectivity index (χ2n) is 5.53. The van der Waals surface area contributed by atoms with E-state index in [0.29, 0.717) is 17.9 Å². The van der Waals surface area contributed by atoms with Crippen LogP contribution < -0.4 is 5.73 Å². The summed E-state index contributed by atoms with van der Waals surface area (Å²) in [6, 6.07) is 12.8. The summed E-state index contributed by atoms with van der Waals surface area (Å²) in [6.07, 6.45) is 1.02. The van der Waals surface area contributed by atoms with Crippen LogP contribution >= 0.6 is 23.4 Å². The van der Waals surface area contributed by atoms with Crippen LogP contribution in [-0.2, 0) is 6.42 Å². The van der Waals surface area contributed by atoms with Crippen LogP contribution in [0, 0.1) is 0 Å². The van der Waals surface area contributed by atoms with Crippen molar-refractivity contribution in [2.24, 2.45) is 5.73 Å². The van der Waals surface area contributed by atoms with Gasteiger partial charge in [-0.3, -0.25) is 0 Å². The molecule has 0 saturated heterocycles. The molecule has 6 heteroatoms. The van der Waals surface area contributed by atoms with E-state index in [0.717, 1.165) is 15.4 Å². The van der Waals surface area contributed by atoms with Crippen LogP contribution in [0.25, 0.3) is 0 Å². The van der Waals surface area contributed by atoms with Crippen molar-refractivity contribution in [3.63, 3.8) is 0 Å². The van der Waals surface area contributed by atoms with Gasteiger partial charge in [0.15, 0.2) is 0 Å². The summed E-state index contributed by atoms with van der Waals surface area (Å²) in [5.74, 6) is 0.227. The average molecular weight is 354 g/mol. The highest BCUT2D eigenvalue weighted by molar-refractivity contribution is 7.99. The number of benzene rings is 2. The minimum atomic E-state index is -0.988. The molecule has 0 aromatic heterocycles. The molecule has 0 atom stereocenters. The van der Waals surface area contributed by atoms with Gasteiger partial charge in [-0.2, -0.15) is 0 Å². The summed E-state index contributed by atoms with van der Waals surface area (Å²) in [5, 5.41) is 28.6. The first-order chi connectivity index (χ1) is 11.0. The minimum Gasteiger partial charge on any atom is -0.508 e. The molecule has 0 radical (unpaired) electrons. The van der Waals surface area contributed by atoms with Crippen molar-refractivity contribution < 1.29 is 15.3 Å². The molecule has 0 fully saturated rings. The van der Waals surface area contributed by atoms with Crippen molar-refractivity contribution in [3.05, 3.63) is 53.1 Å². The van der Waals surface area contributed by atoms with Gasteiger partial charge in [-0.15, -0.1) is 0 Å². The van der Waals surface area contributed by atoms with Crippen molar-refractivity contribution in [1.29, 1.82) is 0 Å². The van der Waals surface area contributed by atoms with Crippen LogP contribution in [-0.4, -0.2) is 34.1 Å². The fraction of sp³-hybridized carbons (Fsp3) is 0.294. The maximum absolute atomic E-state index is 9.49. The van der Waals surface area contributed by atoms with E-state index < -0.39 is 5.54 Å². The third-order valence-corrected chi connectivity index (χ3v) is 4.93. The quantitative estimate of drug-likeness (QED) is 0.615. The lowest BCUT2D eigenvalue weighted by Gasteiger charge is -2.24. The molecule has 124 valence electrons. The van der Waals surface area contributed by atoms with Crippen LogP contribution in [0.4, 0.5) is 0 Å². The van der Waals surface area contributed by atoms with E-state index in [1.54, 1.807) is 18.2 Å². The summed E-state index contributed by atoms with van der Waals surface area (Å²) in [6.45, 7) is -0.543. The van der Waals surface area contributed by atoms with Gasteiger partial charge < -0.3 is 21.1 Å². The van der Waals surface area contributed by atoms with E-state index >= 15 is 0 Å². The summed E-state index contributed by atoms with van der Waals surface area (Å²) in [7, 11) is 0. The molecule has 0 amide bonds. The van der Waals surface area contributed by atoms with Gasteiger partial charge in [0.1, 0.15) is 5.75 Å². The Morgan fingerprint density at radius 3 is 2.35 bits per heavy atom. The van der Waals surface area contributed by atoms with Crippen molar-refractivity contribution in [2.75, 3.05) is 13.2 Å². The predicted octanol–water partition coefficient (Wildman–Crippen LogP) is 2.81. The Labute approximate surface area is 144 Å². The first-order valence-electron chi connectivity index (χ1n) is 7.22. The van der Waals surface area contributed by atoms with Crippen LogP contribution in [0.5, 0.6) is 5.75 Å². The van der Waals surface area contributed by atoms with Gasteiger partial charge in [0, 0.05) is 14.8 Å². The molecular formula is C17H20ClNO3S. The topological polar surface area (TPSA) is 86.7 Å². The molecule has 2 rings (SSSR count). The largest absolute Gasteiger partial charge is 0.508 e. The van der Waals surface area contributed by atoms with E-state index in [4.69, 9.17) is 17.3 Å². The maximum Gasteiger partial charge on any atom is 0.116 e. The number of aliphatic hydroxyl groups is 2. The summed E-state index contributed by atoms with van der Waals surface area (Å²) in [4.78, 5) is 1.89. The molecule has 0 bridgehead atoms. The summed E-state index contributed by atoms with van der Waals surface area (Å²) >= 11 is 7.82. The highest BCUT2D eigenvalue weighted by atomic mass is 35.5. The van der Waals surface area contributed by atoms with Crippen LogP contribution in [0.15, 0.2) is 52.3 Å². The Morgan fingerprint density at radius 2 is 1.74 bits per heavy atom. The zero-order valence-electron chi connectivity index (χ0n) is 12.6. The third-order valence-electron chi connectivity index (χ3n) is 3.60. The second kappa shape index (κ2) is 8.04. The van der Waals surface area contributed by atoms with Gasteiger partial charge in [-0.1, -0.05) is 35.5 Å². The summed E-state index contributed by atoms with van der Waals surface area (Å²) in [5.41, 5.74) is 5.80. The lowest BCUT2D eigenvalue weighted by molar-refractivity contribution is 0.115. The number of aromatic hydroxyl groups is 1. The molecule has 23 heavy (non-hydrogen) atoms. The molecule has 0 aliphatic rings. The zero-order chi connectivity index (χ0) is 16.9. The lowest BCUT2D eigenvalue weighted by Crippen LogP contribution is -2.47. The van der Waals surface area contributed by atoms with Gasteiger partial charge in [0.25, 0.3) is 0 Å². The lowest BCUT2D eigenvalue weighted by atomic mass is 9.94. The molecule has 2 aromatic rings. The summed E-state index contributed by atoms with van der Waals surface area (Å²) < 4.78 is 0. The molecule has 2 aromatic carbocycles. The van der Waals surface area contributed by atoms with E-state index in [9.17, 15) is 15.3 Å². The number of hydrogen-bond donors (Lipinski definition) is 4. The molecule has 0 aliphatic heterocycles. The number of nitrogens with two attached hydrogens (primary N) is 1. The highest BCUT2D eigenvalue weighted by Crippen LogP contribution is 2.32. The van der Waals surface area contributed by atoms with Gasteiger partial charge in [-0.05, 0) is 48.7 Å². The Hall–Kier alpha value is -1.24. The number of hydrogen-bond acceptors (Lipinski definition) is 5. The number of aryl methyl sites for hydroxylation is 1. The SMILES string of the molecule is NC(CO)(CO)CCc1ccc(Sc2cccc(O)c2)cc1Cl. The van der Waals surface area contributed by atoms with Crippen molar-refractivity contribution in [1.82, 2.24) is 0 Å². The second-order valence-corrected chi connectivity index (χ2v) is 7.09. The van der Waals surface area contributed by atoms with Crippen LogP contribution in [0.2, 0.25) is 5.02 Å². The number of rotatable bonds is 7. The van der Waals surface area contributed by atoms with E-state index in [1.165, 1.54) is 11.8 Å². The number of halogens is 1. The molecule has 0 heterocycles. The number of phenols is 1. The normalized spacial score (nSPS) is 11.7. The van der Waals surface area contributed by atoms with E-state index in [-0.39, 0.29) is 19.0 Å². The van der Waals surface area contributed by atoms with Gasteiger partial charge in [0.05, 0.1) is 18.8 Å². The Kier molecular flexibility index (Phi) is 6.33. The standard InChI is InChI=1S/C17H20ClNO3S/c18-16-9-15(23-14-3-1-2-13(22)8-14)5-4-12(16)6-7-17(19,10-20)11-21/h1-5,8-9,20-22H,6-7,10-11,19H2. The molecule has 0 spiro atoms. The molecule has 4 nitrogen and oxygen atoms in total. The molecular weight excluding hydrogens is 334 g/mol. The fourth-order valence-electron chi connectivity index (χ4n) is 2.07. The maximum atomic E-state index is 9.49. The first kappa shape index (κ1) is 18.1. The van der Waals surface area contributed by atoms with Gasteiger partial charge >= 0.3 is 0 Å². The highest BCUT2D eigenvalue weighted by Gasteiger charge is 2.23. The van der Waals surface area contributed by atoms with Crippen molar-refractivity contribution >= 4 is 23.4 Å². The van der Waals surface area contributed by atoms with Gasteiger partial charge in [-0.25, -0.2) is 0 Å². The van der Waals surface area contributed by atoms with E-state index in [1.807, 2.05) is 24.3 Å². The van der Waals surface area contributed by atoms with Crippen LogP contribution in [0.3, 0.4) is 0 Å². The molecule has 0 unspecified atom stereocenters. The fourth-order valence-corrected chi connectivity index (χ4v) is 3.32. The number of aliphatic hydroxyl groups excluding tert-OH is 2. The van der Waals surface area contributed by atoms with Crippen LogP contribution in [0.1, 0.15) is 12.0 Å². The third kappa shape index (κ3) is 5.12. The van der Waals surface area contributed by atoms with E-state index in [2.05, 4.69) is 0 Å². The molecule has 5 N–H and O–H groups in total. The zero-order valence-corrected chi connectivity index (χ0v) is 14.1. The number of phenolic OH excluding ortho intramolecular Hbond substituents is 1. The van der Waals surface area contributed by atoms with Crippen molar-refractivity contribution in [2.45, 2.75) is 28.2 Å². The molecule has 0 aliphatic carbocycles. The van der Waals surface area contributed by atoms with Gasteiger partial charge in [0.2, 0.25) is 0 Å². The Bertz CT molecular complexity index is 662. The average Bonchev–Trinajstić information content (AvgIpc) is 2.54. The molecule has 0 saturated carbocycles. The smallest absolute Gasteiger partial charge is 0.116 e. The Balaban J connectivity index is 2.06. The minimum absolute atomic E-state index is 0.227. The van der Waals surface area contributed by atoms with Crippen molar-refractivity contribution in [3.8, 4) is 5.75 Å². The predicted molar refractivity (Wildman–Crippen MR) is 93.1 cm³/mol. The monoisotopic (exact) mass is 353 g/mol. The Morgan fingerprint density at radius 1 is 1.04 bits per heavy atom.